The molecule has 0 aliphatic heterocycles. The predicted octanol–water partition coefficient (Wildman–Crippen LogP) is 2.96. The molecule has 5 heteroatoms. The summed E-state index contributed by atoms with van der Waals surface area (Å²) in [5.74, 6) is -0.0684. The minimum absolute atomic E-state index is 0.426. The lowest BCUT2D eigenvalue weighted by atomic mass is 10.0. The Morgan fingerprint density at radius 1 is 1.21 bits per heavy atom. The fourth-order valence-corrected chi connectivity index (χ4v) is 2.75. The van der Waals surface area contributed by atoms with Gasteiger partial charge in [0.1, 0.15) is 11.8 Å². The van der Waals surface area contributed by atoms with Crippen molar-refractivity contribution in [1.29, 1.82) is 0 Å². The van der Waals surface area contributed by atoms with Gasteiger partial charge in [-0.1, -0.05) is 30.3 Å². The number of hydrogen-bond acceptors (Lipinski definition) is 3. The maximum Gasteiger partial charge on any atom is 0.321 e. The Kier molecular flexibility index (Phi) is 4.82. The molecule has 124 valence electrons. The number of aliphatic carboxylic acids is 1. The van der Waals surface area contributed by atoms with Crippen molar-refractivity contribution in [3.63, 3.8) is 0 Å². The number of methoxy groups -OCH3 is 1. The van der Waals surface area contributed by atoms with E-state index in [1.165, 1.54) is 0 Å². The molecule has 0 spiro atoms. The Hall–Kier alpha value is -2.79. The van der Waals surface area contributed by atoms with Crippen LogP contribution in [0.15, 0.2) is 54.7 Å². The number of benzene rings is 2. The van der Waals surface area contributed by atoms with Gasteiger partial charge in [-0.05, 0) is 29.3 Å². The summed E-state index contributed by atoms with van der Waals surface area (Å²) in [6.07, 6.45) is 2.31. The molecule has 0 saturated carbocycles. The number of carbonyl (C=O) groups is 1. The van der Waals surface area contributed by atoms with Crippen molar-refractivity contribution in [2.24, 2.45) is 0 Å². The van der Waals surface area contributed by atoms with Crippen LogP contribution in [0.2, 0.25) is 0 Å². The number of aromatic nitrogens is 1. The molecule has 3 aromatic rings. The number of rotatable bonds is 7. The van der Waals surface area contributed by atoms with Crippen LogP contribution in [-0.4, -0.2) is 29.2 Å². The normalized spacial score (nSPS) is 12.2. The number of carboxylic acid groups (broad SMARTS) is 1. The van der Waals surface area contributed by atoms with Crippen LogP contribution in [0.4, 0.5) is 0 Å². The van der Waals surface area contributed by atoms with E-state index in [2.05, 4.69) is 10.3 Å². The van der Waals surface area contributed by atoms with Gasteiger partial charge in [-0.15, -0.1) is 0 Å². The molecule has 0 unspecified atom stereocenters. The number of H-pyrrole nitrogens is 1. The standard InChI is InChI=1S/C19H20N2O3/c1-24-15-8-6-13(7-9-15)11-20-18(19(22)23)10-14-12-21-17-5-3-2-4-16(14)17/h2-9,12,18,20-21H,10-11H2,1H3,(H,22,23)/t18-/m0/s1. The highest BCUT2D eigenvalue weighted by atomic mass is 16.5. The van der Waals surface area contributed by atoms with Crippen molar-refractivity contribution in [3.8, 4) is 5.75 Å². The third-order valence-corrected chi connectivity index (χ3v) is 4.11. The van der Waals surface area contributed by atoms with E-state index in [1.807, 2.05) is 54.7 Å². The Balaban J connectivity index is 1.69. The van der Waals surface area contributed by atoms with Crippen LogP contribution in [0, 0.1) is 0 Å². The van der Waals surface area contributed by atoms with Crippen LogP contribution in [0.25, 0.3) is 10.9 Å². The monoisotopic (exact) mass is 324 g/mol. The molecule has 1 heterocycles. The molecule has 5 nitrogen and oxygen atoms in total. The van der Waals surface area contributed by atoms with Gasteiger partial charge in [-0.2, -0.15) is 0 Å². The maximum atomic E-state index is 11.6. The molecule has 0 bridgehead atoms. The Morgan fingerprint density at radius 3 is 2.67 bits per heavy atom. The summed E-state index contributed by atoms with van der Waals surface area (Å²) in [6.45, 7) is 0.489. The highest BCUT2D eigenvalue weighted by molar-refractivity contribution is 5.84. The molecule has 0 amide bonds. The minimum atomic E-state index is -0.853. The van der Waals surface area contributed by atoms with E-state index in [9.17, 15) is 9.90 Å². The smallest absolute Gasteiger partial charge is 0.321 e. The van der Waals surface area contributed by atoms with Gasteiger partial charge in [0, 0.05) is 30.1 Å². The molecule has 0 aliphatic rings. The topological polar surface area (TPSA) is 74.3 Å². The lowest BCUT2D eigenvalue weighted by Crippen LogP contribution is -2.38. The number of hydrogen-bond donors (Lipinski definition) is 3. The molecule has 1 atom stereocenters. The van der Waals surface area contributed by atoms with E-state index in [-0.39, 0.29) is 0 Å². The van der Waals surface area contributed by atoms with E-state index in [0.29, 0.717) is 13.0 Å². The first kappa shape index (κ1) is 16.1. The van der Waals surface area contributed by atoms with Crippen LogP contribution < -0.4 is 10.1 Å². The summed E-state index contributed by atoms with van der Waals surface area (Å²) in [6, 6.07) is 14.8. The van der Waals surface area contributed by atoms with Gasteiger partial charge in [0.05, 0.1) is 7.11 Å². The second-order valence-electron chi connectivity index (χ2n) is 5.68. The van der Waals surface area contributed by atoms with E-state index in [4.69, 9.17) is 4.74 Å². The van der Waals surface area contributed by atoms with Crippen molar-refractivity contribution in [3.05, 3.63) is 65.9 Å². The molecule has 1 aromatic heterocycles. The molecular formula is C19H20N2O3. The fourth-order valence-electron chi connectivity index (χ4n) is 2.75. The van der Waals surface area contributed by atoms with Crippen LogP contribution >= 0.6 is 0 Å². The summed E-state index contributed by atoms with van der Waals surface area (Å²) in [7, 11) is 1.62. The first-order valence-electron chi connectivity index (χ1n) is 7.81. The highest BCUT2D eigenvalue weighted by Crippen LogP contribution is 2.19. The number of fused-ring (bicyclic) bond motifs is 1. The van der Waals surface area contributed by atoms with Gasteiger partial charge in [0.2, 0.25) is 0 Å². The molecule has 3 N–H and O–H groups in total. The molecule has 3 rings (SSSR count). The molecule has 0 saturated heterocycles. The van der Waals surface area contributed by atoms with E-state index in [0.717, 1.165) is 27.8 Å². The zero-order valence-electron chi connectivity index (χ0n) is 13.5. The van der Waals surface area contributed by atoms with Gasteiger partial charge in [0.25, 0.3) is 0 Å². The number of aromatic amines is 1. The van der Waals surface area contributed by atoms with Crippen LogP contribution in [0.3, 0.4) is 0 Å². The van der Waals surface area contributed by atoms with Gasteiger partial charge < -0.3 is 20.1 Å². The first-order valence-corrected chi connectivity index (χ1v) is 7.81. The third kappa shape index (κ3) is 3.58. The van der Waals surface area contributed by atoms with Crippen molar-refractivity contribution >= 4 is 16.9 Å². The first-order chi connectivity index (χ1) is 11.7. The fraction of sp³-hybridized carbons (Fsp3) is 0.211. The number of ether oxygens (including phenoxy) is 1. The Labute approximate surface area is 140 Å². The molecule has 24 heavy (non-hydrogen) atoms. The average Bonchev–Trinajstić information content (AvgIpc) is 3.02. The molecular weight excluding hydrogens is 304 g/mol. The molecule has 0 fully saturated rings. The molecule has 0 radical (unpaired) electrons. The number of carboxylic acids is 1. The highest BCUT2D eigenvalue weighted by Gasteiger charge is 2.19. The van der Waals surface area contributed by atoms with E-state index in [1.54, 1.807) is 7.11 Å². The zero-order chi connectivity index (χ0) is 16.9. The quantitative estimate of drug-likeness (QED) is 0.625. The number of para-hydroxylation sites is 1. The van der Waals surface area contributed by atoms with Gasteiger partial charge in [-0.25, -0.2) is 0 Å². The van der Waals surface area contributed by atoms with Crippen molar-refractivity contribution in [2.45, 2.75) is 19.0 Å². The van der Waals surface area contributed by atoms with E-state index >= 15 is 0 Å². The summed E-state index contributed by atoms with van der Waals surface area (Å²) in [4.78, 5) is 14.8. The number of nitrogens with one attached hydrogen (secondary N) is 2. The van der Waals surface area contributed by atoms with Crippen LogP contribution in [0.1, 0.15) is 11.1 Å². The lowest BCUT2D eigenvalue weighted by Gasteiger charge is -2.14. The summed E-state index contributed by atoms with van der Waals surface area (Å²) >= 11 is 0. The van der Waals surface area contributed by atoms with Crippen molar-refractivity contribution in [1.82, 2.24) is 10.3 Å². The average molecular weight is 324 g/mol. The Bertz CT molecular complexity index is 824. The third-order valence-electron chi connectivity index (χ3n) is 4.11. The summed E-state index contributed by atoms with van der Waals surface area (Å²) < 4.78 is 5.13. The predicted molar refractivity (Wildman–Crippen MR) is 93.3 cm³/mol. The molecule has 0 aliphatic carbocycles. The summed E-state index contributed by atoms with van der Waals surface area (Å²) in [5, 5.41) is 13.7. The minimum Gasteiger partial charge on any atom is -0.497 e. The Morgan fingerprint density at radius 2 is 1.96 bits per heavy atom. The van der Waals surface area contributed by atoms with Crippen molar-refractivity contribution in [2.75, 3.05) is 7.11 Å². The van der Waals surface area contributed by atoms with Gasteiger partial charge >= 0.3 is 5.97 Å². The zero-order valence-corrected chi connectivity index (χ0v) is 13.5. The van der Waals surface area contributed by atoms with Gasteiger partial charge in [-0.3, -0.25) is 4.79 Å². The SMILES string of the molecule is COc1ccc(CN[C@@H](Cc2c[nH]c3ccccc23)C(=O)O)cc1. The lowest BCUT2D eigenvalue weighted by molar-refractivity contribution is -0.139. The largest absolute Gasteiger partial charge is 0.497 e. The maximum absolute atomic E-state index is 11.6. The van der Waals surface area contributed by atoms with Crippen LogP contribution in [0.5, 0.6) is 5.75 Å². The van der Waals surface area contributed by atoms with Gasteiger partial charge in [0.15, 0.2) is 0 Å². The van der Waals surface area contributed by atoms with Crippen molar-refractivity contribution < 1.29 is 14.6 Å². The van der Waals surface area contributed by atoms with E-state index < -0.39 is 12.0 Å². The molecule has 2 aromatic carbocycles. The second-order valence-corrected chi connectivity index (χ2v) is 5.68. The summed E-state index contributed by atoms with van der Waals surface area (Å²) in [5.41, 5.74) is 3.04. The second kappa shape index (κ2) is 7.19. The van der Waals surface area contributed by atoms with Crippen LogP contribution in [-0.2, 0) is 17.8 Å².